The lowest BCUT2D eigenvalue weighted by Crippen LogP contribution is -2.45. The number of piperidine rings is 1. The van der Waals surface area contributed by atoms with E-state index in [-0.39, 0.29) is 17.3 Å². The molecular weight excluding hydrogens is 428 g/mol. The summed E-state index contributed by atoms with van der Waals surface area (Å²) in [5.74, 6) is 0.190. The molecule has 1 saturated heterocycles. The van der Waals surface area contributed by atoms with Gasteiger partial charge in [0.05, 0.1) is 25.0 Å². The van der Waals surface area contributed by atoms with Crippen LogP contribution in [0.4, 0.5) is 0 Å². The minimum absolute atomic E-state index is 0.109. The minimum Gasteiger partial charge on any atom is -0.493 e. The molecule has 1 fully saturated rings. The number of hydrogen-bond acceptors (Lipinski definition) is 5. The third-order valence-corrected chi connectivity index (χ3v) is 7.39. The lowest BCUT2D eigenvalue weighted by Gasteiger charge is -2.31. The first-order valence-electron chi connectivity index (χ1n) is 9.60. The van der Waals surface area contributed by atoms with Crippen LogP contribution in [-0.4, -0.2) is 45.9 Å². The van der Waals surface area contributed by atoms with Crippen molar-refractivity contribution in [2.75, 3.05) is 27.3 Å². The van der Waals surface area contributed by atoms with Crippen molar-refractivity contribution in [2.24, 2.45) is 5.92 Å². The van der Waals surface area contributed by atoms with Gasteiger partial charge in [0.2, 0.25) is 15.9 Å². The summed E-state index contributed by atoms with van der Waals surface area (Å²) in [7, 11) is -0.822. The van der Waals surface area contributed by atoms with E-state index in [1.165, 1.54) is 30.7 Å². The van der Waals surface area contributed by atoms with Gasteiger partial charge < -0.3 is 14.8 Å². The van der Waals surface area contributed by atoms with Crippen LogP contribution in [0.5, 0.6) is 11.5 Å². The number of carbonyl (C=O) groups excluding carboxylic acids is 1. The molecule has 3 rings (SSSR count). The van der Waals surface area contributed by atoms with Crippen LogP contribution in [0, 0.1) is 5.92 Å². The predicted octanol–water partition coefficient (Wildman–Crippen LogP) is 3.07. The number of sulfonamides is 1. The molecule has 9 heteroatoms. The summed E-state index contributed by atoms with van der Waals surface area (Å²) in [6.07, 6.45) is 1.24. The van der Waals surface area contributed by atoms with E-state index in [0.29, 0.717) is 42.5 Å². The standard InChI is InChI=1S/C21H25ClN2O5S/c1-28-19-10-9-17(12-20(19)29-2)30(26,27)24-11-5-7-16(14-24)21(25)23-13-15-6-3-4-8-18(15)22/h3-4,6,8-10,12,16H,5,7,11,13-14H2,1-2H3,(H,23,25)/t16-/m0/s1. The summed E-state index contributed by atoms with van der Waals surface area (Å²) >= 11 is 6.13. The van der Waals surface area contributed by atoms with E-state index in [2.05, 4.69) is 5.32 Å². The average molecular weight is 453 g/mol. The van der Waals surface area contributed by atoms with Gasteiger partial charge in [0.15, 0.2) is 11.5 Å². The second-order valence-corrected chi connectivity index (χ2v) is 9.37. The fourth-order valence-electron chi connectivity index (χ4n) is 3.47. The molecule has 0 aromatic heterocycles. The van der Waals surface area contributed by atoms with Crippen LogP contribution >= 0.6 is 11.6 Å². The highest BCUT2D eigenvalue weighted by Crippen LogP contribution is 2.32. The highest BCUT2D eigenvalue weighted by Gasteiger charge is 2.33. The summed E-state index contributed by atoms with van der Waals surface area (Å²) in [5, 5.41) is 3.46. The van der Waals surface area contributed by atoms with Crippen LogP contribution in [0.3, 0.4) is 0 Å². The minimum atomic E-state index is -3.76. The molecule has 2 aromatic carbocycles. The zero-order chi connectivity index (χ0) is 21.7. The SMILES string of the molecule is COc1ccc(S(=O)(=O)N2CCC[C@H](C(=O)NCc3ccccc3Cl)C2)cc1OC. The van der Waals surface area contributed by atoms with E-state index >= 15 is 0 Å². The van der Waals surface area contributed by atoms with Crippen LogP contribution in [0.25, 0.3) is 0 Å². The first-order valence-corrected chi connectivity index (χ1v) is 11.4. The van der Waals surface area contributed by atoms with E-state index in [1.807, 2.05) is 18.2 Å². The second kappa shape index (κ2) is 9.68. The van der Waals surface area contributed by atoms with Gasteiger partial charge in [-0.1, -0.05) is 29.8 Å². The van der Waals surface area contributed by atoms with Crippen molar-refractivity contribution in [3.05, 3.63) is 53.1 Å². The van der Waals surface area contributed by atoms with Crippen molar-refractivity contribution in [1.29, 1.82) is 0 Å². The summed E-state index contributed by atoms with van der Waals surface area (Å²) in [4.78, 5) is 12.8. The lowest BCUT2D eigenvalue weighted by molar-refractivity contribution is -0.126. The monoisotopic (exact) mass is 452 g/mol. The topological polar surface area (TPSA) is 84.9 Å². The van der Waals surface area contributed by atoms with E-state index in [4.69, 9.17) is 21.1 Å². The normalized spacial score (nSPS) is 17.4. The molecule has 2 aromatic rings. The molecule has 0 aliphatic carbocycles. The molecule has 7 nitrogen and oxygen atoms in total. The smallest absolute Gasteiger partial charge is 0.243 e. The van der Waals surface area contributed by atoms with Gasteiger partial charge in [0.1, 0.15) is 0 Å². The molecule has 1 aliphatic heterocycles. The number of halogens is 1. The molecule has 0 saturated carbocycles. The van der Waals surface area contributed by atoms with Crippen LogP contribution in [-0.2, 0) is 21.4 Å². The molecule has 1 amide bonds. The summed E-state index contributed by atoms with van der Waals surface area (Å²) in [6.45, 7) is 0.799. The number of methoxy groups -OCH3 is 2. The average Bonchev–Trinajstić information content (AvgIpc) is 2.77. The Hall–Kier alpha value is -2.29. The number of carbonyl (C=O) groups is 1. The molecule has 0 spiro atoms. The number of hydrogen-bond donors (Lipinski definition) is 1. The third kappa shape index (κ3) is 4.88. The first kappa shape index (κ1) is 22.4. The van der Waals surface area contributed by atoms with E-state index < -0.39 is 15.9 Å². The Morgan fingerprint density at radius 3 is 2.60 bits per heavy atom. The van der Waals surface area contributed by atoms with Gasteiger partial charge in [-0.05, 0) is 36.6 Å². The quantitative estimate of drug-likeness (QED) is 0.697. The molecule has 0 unspecified atom stereocenters. The van der Waals surface area contributed by atoms with Gasteiger partial charge in [0, 0.05) is 30.7 Å². The Morgan fingerprint density at radius 1 is 1.17 bits per heavy atom. The molecule has 1 N–H and O–H groups in total. The molecule has 1 heterocycles. The van der Waals surface area contributed by atoms with Crippen LogP contribution in [0.2, 0.25) is 5.02 Å². The predicted molar refractivity (Wildman–Crippen MR) is 114 cm³/mol. The Labute approximate surface area is 182 Å². The maximum Gasteiger partial charge on any atom is 0.243 e. The number of benzene rings is 2. The molecule has 1 atom stereocenters. The van der Waals surface area contributed by atoms with Gasteiger partial charge in [-0.2, -0.15) is 4.31 Å². The fraction of sp³-hybridized carbons (Fsp3) is 0.381. The summed E-state index contributed by atoms with van der Waals surface area (Å²) in [5.41, 5.74) is 0.818. The van der Waals surface area contributed by atoms with Crippen LogP contribution in [0.15, 0.2) is 47.4 Å². The molecule has 1 aliphatic rings. The lowest BCUT2D eigenvalue weighted by atomic mass is 9.99. The van der Waals surface area contributed by atoms with Crippen molar-refractivity contribution < 1.29 is 22.7 Å². The van der Waals surface area contributed by atoms with E-state index in [1.54, 1.807) is 12.1 Å². The Kier molecular flexibility index (Phi) is 7.23. The fourth-order valence-corrected chi connectivity index (χ4v) is 5.21. The van der Waals surface area contributed by atoms with E-state index in [0.717, 1.165) is 5.56 Å². The number of amides is 1. The number of rotatable bonds is 7. The second-order valence-electron chi connectivity index (χ2n) is 7.03. The first-order chi connectivity index (χ1) is 14.4. The van der Waals surface area contributed by atoms with Gasteiger partial charge >= 0.3 is 0 Å². The number of nitrogens with one attached hydrogen (secondary N) is 1. The highest BCUT2D eigenvalue weighted by atomic mass is 35.5. The Morgan fingerprint density at radius 2 is 1.90 bits per heavy atom. The highest BCUT2D eigenvalue weighted by molar-refractivity contribution is 7.89. The molecular formula is C21H25ClN2O5S. The largest absolute Gasteiger partial charge is 0.493 e. The van der Waals surface area contributed by atoms with E-state index in [9.17, 15) is 13.2 Å². The Bertz CT molecular complexity index is 1010. The van der Waals surface area contributed by atoms with Crippen molar-refractivity contribution >= 4 is 27.5 Å². The molecule has 0 radical (unpaired) electrons. The van der Waals surface area contributed by atoms with Crippen molar-refractivity contribution in [3.8, 4) is 11.5 Å². The molecule has 0 bridgehead atoms. The number of nitrogens with zero attached hydrogens (tertiary/aromatic N) is 1. The summed E-state index contributed by atoms with van der Waals surface area (Å²) < 4.78 is 38.0. The Balaban J connectivity index is 1.70. The van der Waals surface area contributed by atoms with Crippen molar-refractivity contribution in [2.45, 2.75) is 24.3 Å². The van der Waals surface area contributed by atoms with Crippen LogP contribution in [0.1, 0.15) is 18.4 Å². The van der Waals surface area contributed by atoms with Gasteiger partial charge in [-0.15, -0.1) is 0 Å². The molecule has 30 heavy (non-hydrogen) atoms. The maximum absolute atomic E-state index is 13.1. The van der Waals surface area contributed by atoms with Crippen molar-refractivity contribution in [3.63, 3.8) is 0 Å². The third-order valence-electron chi connectivity index (χ3n) is 5.16. The van der Waals surface area contributed by atoms with Gasteiger partial charge in [-0.25, -0.2) is 8.42 Å². The zero-order valence-corrected chi connectivity index (χ0v) is 18.5. The van der Waals surface area contributed by atoms with Crippen LogP contribution < -0.4 is 14.8 Å². The summed E-state index contributed by atoms with van der Waals surface area (Å²) in [6, 6.07) is 11.8. The van der Waals surface area contributed by atoms with Gasteiger partial charge in [0.25, 0.3) is 0 Å². The number of ether oxygens (including phenoxy) is 2. The molecule has 162 valence electrons. The zero-order valence-electron chi connectivity index (χ0n) is 16.9. The van der Waals surface area contributed by atoms with Crippen molar-refractivity contribution in [1.82, 2.24) is 9.62 Å². The van der Waals surface area contributed by atoms with Gasteiger partial charge in [-0.3, -0.25) is 4.79 Å². The maximum atomic E-state index is 13.1.